The smallest absolute Gasteiger partial charge is 0.337 e. The van der Waals surface area contributed by atoms with Crippen molar-refractivity contribution in [1.29, 1.82) is 0 Å². The minimum atomic E-state index is -3.65. The number of hydrogen-bond donors (Lipinski definition) is 1. The number of carboxylic acid groups (broad SMARTS) is 1. The molecule has 1 aromatic rings. The molecular weight excluding hydrogens is 280 g/mol. The summed E-state index contributed by atoms with van der Waals surface area (Å²) in [5, 5.41) is 8.72. The molecule has 0 saturated heterocycles. The molecule has 0 unspecified atom stereocenters. The second-order valence-corrected chi connectivity index (χ2v) is 6.67. The van der Waals surface area contributed by atoms with Crippen molar-refractivity contribution in [2.75, 3.05) is 6.54 Å². The summed E-state index contributed by atoms with van der Waals surface area (Å²) in [4.78, 5) is 14.6. The highest BCUT2D eigenvalue weighted by Crippen LogP contribution is 2.27. The molecule has 1 heterocycles. The average Bonchev–Trinajstić information content (AvgIpc) is 2.93. The van der Waals surface area contributed by atoms with Crippen LogP contribution in [-0.2, 0) is 10.0 Å². The number of pyridine rings is 1. The van der Waals surface area contributed by atoms with Crippen molar-refractivity contribution in [3.63, 3.8) is 0 Å². The van der Waals surface area contributed by atoms with Crippen molar-refractivity contribution in [1.82, 2.24) is 9.29 Å². The van der Waals surface area contributed by atoms with Crippen molar-refractivity contribution in [2.45, 2.75) is 43.7 Å². The number of carboxylic acids is 1. The Balaban J connectivity index is 2.30. The third-order valence-corrected chi connectivity index (χ3v) is 5.54. The highest BCUT2D eigenvalue weighted by Gasteiger charge is 2.32. The first-order chi connectivity index (χ1) is 9.46. The topological polar surface area (TPSA) is 87.6 Å². The lowest BCUT2D eigenvalue weighted by Gasteiger charge is -2.26. The molecule has 0 aromatic carbocycles. The van der Waals surface area contributed by atoms with Crippen LogP contribution in [0.4, 0.5) is 0 Å². The predicted octanol–water partition coefficient (Wildman–Crippen LogP) is 1.73. The van der Waals surface area contributed by atoms with Crippen LogP contribution in [0.1, 0.15) is 43.0 Å². The summed E-state index contributed by atoms with van der Waals surface area (Å²) >= 11 is 0. The highest BCUT2D eigenvalue weighted by molar-refractivity contribution is 7.89. The van der Waals surface area contributed by atoms with E-state index in [4.69, 9.17) is 5.11 Å². The molecule has 0 aliphatic heterocycles. The zero-order valence-electron chi connectivity index (χ0n) is 11.3. The van der Waals surface area contributed by atoms with E-state index in [-0.39, 0.29) is 16.6 Å². The maximum Gasteiger partial charge on any atom is 0.337 e. The van der Waals surface area contributed by atoms with Gasteiger partial charge in [-0.15, -0.1) is 0 Å². The van der Waals surface area contributed by atoms with Crippen molar-refractivity contribution in [3.8, 4) is 0 Å². The second kappa shape index (κ2) is 5.88. The molecule has 7 heteroatoms. The van der Waals surface area contributed by atoms with Gasteiger partial charge in [0.25, 0.3) is 10.0 Å². The number of hydrogen-bond acceptors (Lipinski definition) is 4. The van der Waals surface area contributed by atoms with Crippen LogP contribution in [0, 0.1) is 0 Å². The lowest BCUT2D eigenvalue weighted by Crippen LogP contribution is -2.38. The zero-order valence-corrected chi connectivity index (χ0v) is 12.1. The first-order valence-corrected chi connectivity index (χ1v) is 8.12. The Bertz CT molecular complexity index is 577. The molecule has 110 valence electrons. The zero-order chi connectivity index (χ0) is 14.8. The average molecular weight is 298 g/mol. The Morgan fingerprint density at radius 2 is 2.05 bits per heavy atom. The van der Waals surface area contributed by atoms with Gasteiger partial charge in [0.05, 0.1) is 5.56 Å². The van der Waals surface area contributed by atoms with E-state index in [1.807, 2.05) is 6.92 Å². The normalized spacial score (nSPS) is 16.7. The molecule has 0 radical (unpaired) electrons. The lowest BCUT2D eigenvalue weighted by atomic mass is 10.2. The summed E-state index contributed by atoms with van der Waals surface area (Å²) in [6.07, 6.45) is 4.92. The monoisotopic (exact) mass is 298 g/mol. The van der Waals surface area contributed by atoms with Crippen molar-refractivity contribution >= 4 is 16.0 Å². The summed E-state index contributed by atoms with van der Waals surface area (Å²) in [7, 11) is -3.65. The van der Waals surface area contributed by atoms with E-state index in [0.29, 0.717) is 6.54 Å². The number of aromatic carboxylic acids is 1. The van der Waals surface area contributed by atoms with Crippen LogP contribution >= 0.6 is 0 Å². The summed E-state index contributed by atoms with van der Waals surface area (Å²) in [5.41, 5.74) is -0.0205. The van der Waals surface area contributed by atoms with Crippen LogP contribution < -0.4 is 0 Å². The van der Waals surface area contributed by atoms with Crippen molar-refractivity contribution in [3.05, 3.63) is 23.9 Å². The van der Waals surface area contributed by atoms with E-state index in [1.54, 1.807) is 0 Å². The van der Waals surface area contributed by atoms with Gasteiger partial charge in [-0.25, -0.2) is 18.2 Å². The quantitative estimate of drug-likeness (QED) is 0.894. The lowest BCUT2D eigenvalue weighted by molar-refractivity contribution is 0.0696. The van der Waals surface area contributed by atoms with Crippen molar-refractivity contribution < 1.29 is 18.3 Å². The molecular formula is C13H18N2O4S. The van der Waals surface area contributed by atoms with Gasteiger partial charge in [-0.05, 0) is 25.0 Å². The number of rotatable bonds is 5. The van der Waals surface area contributed by atoms with Gasteiger partial charge in [-0.3, -0.25) is 0 Å². The van der Waals surface area contributed by atoms with E-state index >= 15 is 0 Å². The second-order valence-electron chi connectivity index (χ2n) is 4.84. The summed E-state index contributed by atoms with van der Waals surface area (Å²) < 4.78 is 26.6. The molecule has 1 N–H and O–H groups in total. The minimum absolute atomic E-state index is 0.0205. The summed E-state index contributed by atoms with van der Waals surface area (Å²) in [5.74, 6) is -1.12. The third kappa shape index (κ3) is 2.83. The van der Waals surface area contributed by atoms with Crippen LogP contribution in [-0.4, -0.2) is 41.4 Å². The van der Waals surface area contributed by atoms with Gasteiger partial charge < -0.3 is 5.11 Å². The number of carbonyl (C=O) groups is 1. The maximum atomic E-state index is 12.5. The molecule has 0 spiro atoms. The Morgan fingerprint density at radius 3 is 2.50 bits per heavy atom. The molecule has 0 amide bonds. The first-order valence-electron chi connectivity index (χ1n) is 6.68. The fourth-order valence-electron chi connectivity index (χ4n) is 2.60. The molecule has 0 bridgehead atoms. The molecule has 0 atom stereocenters. The molecule has 1 saturated carbocycles. The van der Waals surface area contributed by atoms with Crippen LogP contribution in [0.15, 0.2) is 23.4 Å². The van der Waals surface area contributed by atoms with Crippen molar-refractivity contribution in [2.24, 2.45) is 0 Å². The summed E-state index contributed by atoms with van der Waals surface area (Å²) in [6.45, 7) is 2.21. The molecule has 6 nitrogen and oxygen atoms in total. The van der Waals surface area contributed by atoms with E-state index in [2.05, 4.69) is 4.98 Å². The Labute approximate surface area is 118 Å². The van der Waals surface area contributed by atoms with Gasteiger partial charge in [0.1, 0.15) is 0 Å². The molecule has 1 aromatic heterocycles. The third-order valence-electron chi connectivity index (χ3n) is 3.60. The van der Waals surface area contributed by atoms with Gasteiger partial charge in [0.15, 0.2) is 5.03 Å². The van der Waals surface area contributed by atoms with E-state index < -0.39 is 16.0 Å². The molecule has 1 aliphatic carbocycles. The van der Waals surface area contributed by atoms with Crippen LogP contribution in [0.2, 0.25) is 0 Å². The van der Waals surface area contributed by atoms with Gasteiger partial charge >= 0.3 is 5.97 Å². The standard InChI is InChI=1S/C13H18N2O4S/c1-2-15(11-5-3-4-6-11)20(18,19)12-8-7-10(9-14-12)13(16)17/h7-9,11H,2-6H2,1H3,(H,16,17). The number of nitrogens with zero attached hydrogens (tertiary/aromatic N) is 2. The van der Waals surface area contributed by atoms with Gasteiger partial charge in [-0.1, -0.05) is 19.8 Å². The van der Waals surface area contributed by atoms with Crippen LogP contribution in [0.25, 0.3) is 0 Å². The molecule has 1 fully saturated rings. The molecule has 2 rings (SSSR count). The minimum Gasteiger partial charge on any atom is -0.478 e. The molecule has 1 aliphatic rings. The maximum absolute atomic E-state index is 12.5. The fraction of sp³-hybridized carbons (Fsp3) is 0.538. The Kier molecular flexibility index (Phi) is 4.39. The van der Waals surface area contributed by atoms with E-state index in [1.165, 1.54) is 16.4 Å². The van der Waals surface area contributed by atoms with Gasteiger partial charge in [-0.2, -0.15) is 4.31 Å². The summed E-state index contributed by atoms with van der Waals surface area (Å²) in [6, 6.07) is 2.56. The number of sulfonamides is 1. The Morgan fingerprint density at radius 1 is 1.40 bits per heavy atom. The molecule has 20 heavy (non-hydrogen) atoms. The Hall–Kier alpha value is -1.47. The van der Waals surface area contributed by atoms with Gasteiger partial charge in [0, 0.05) is 18.8 Å². The number of aromatic nitrogens is 1. The fourth-order valence-corrected chi connectivity index (χ4v) is 4.21. The van der Waals surface area contributed by atoms with Crippen LogP contribution in [0.5, 0.6) is 0 Å². The first kappa shape index (κ1) is 14.9. The predicted molar refractivity (Wildman–Crippen MR) is 73.0 cm³/mol. The van der Waals surface area contributed by atoms with E-state index in [0.717, 1.165) is 31.9 Å². The highest BCUT2D eigenvalue weighted by atomic mass is 32.2. The van der Waals surface area contributed by atoms with Gasteiger partial charge in [0.2, 0.25) is 0 Å². The largest absolute Gasteiger partial charge is 0.478 e. The SMILES string of the molecule is CCN(C1CCCC1)S(=O)(=O)c1ccc(C(=O)O)cn1. The van der Waals surface area contributed by atoms with E-state index in [9.17, 15) is 13.2 Å². The van der Waals surface area contributed by atoms with Crippen LogP contribution in [0.3, 0.4) is 0 Å².